The normalized spacial score (nSPS) is 7.50. The fourth-order valence-electron chi connectivity index (χ4n) is 0. The quantitative estimate of drug-likeness (QED) is 0.321. The Morgan fingerprint density at radius 2 is 2.25 bits per heavy atom. The molecule has 0 aromatic heterocycles. The third-order valence-electron chi connectivity index (χ3n) is 0.118. The summed E-state index contributed by atoms with van der Waals surface area (Å²) >= 11 is 0. The highest BCUT2D eigenvalue weighted by molar-refractivity contribution is 7.13. The van der Waals surface area contributed by atoms with Crippen molar-refractivity contribution in [1.29, 1.82) is 0 Å². The Balaban J connectivity index is 1.97. The van der Waals surface area contributed by atoms with E-state index in [2.05, 4.69) is 14.5 Å². The molecule has 0 saturated carbocycles. The monoisotopic (exact) mass is 78.0 g/mol. The van der Waals surface area contributed by atoms with E-state index in [0.29, 0.717) is 6.67 Å². The molecule has 0 aliphatic carbocycles. The van der Waals surface area contributed by atoms with Gasteiger partial charge in [-0.2, -0.15) is 0 Å². The van der Waals surface area contributed by atoms with E-state index < -0.39 is 0 Å². The number of hydrogen-bond acceptors (Lipinski definition) is 2. The highest BCUT2D eigenvalue weighted by atomic mass is 31.0. The Hall–Kier alpha value is 0.350. The predicted molar refractivity (Wildman–Crippen MR) is 21.9 cm³/mol. The van der Waals surface area contributed by atoms with Crippen LogP contribution in [0.25, 0.3) is 0 Å². The molecule has 0 rings (SSSR count). The van der Waals surface area contributed by atoms with Gasteiger partial charge in [0.05, 0.1) is 0 Å². The molecule has 0 radical (unpaired) electrons. The lowest BCUT2D eigenvalue weighted by Gasteiger charge is -1.77. The Morgan fingerprint density at radius 1 is 2.00 bits per heavy atom. The van der Waals surface area contributed by atoms with E-state index in [0.717, 1.165) is 0 Å². The Kier molecular flexibility index (Phi) is 3.64. The average Bonchev–Trinajstić information content (AvgIpc) is 1.37. The summed E-state index contributed by atoms with van der Waals surface area (Å²) in [4.78, 5) is 0. The molecule has 3 N–H and O–H groups in total. The van der Waals surface area contributed by atoms with E-state index >= 15 is 0 Å². The highest BCUT2D eigenvalue weighted by Crippen LogP contribution is 1.53. The first kappa shape index (κ1) is 4.35. The lowest BCUT2D eigenvalue weighted by atomic mass is 11.3. The van der Waals surface area contributed by atoms with Crippen LogP contribution >= 0.6 is 9.39 Å². The summed E-state index contributed by atoms with van der Waals surface area (Å²) in [7, 11) is 2.28. The van der Waals surface area contributed by atoms with Crippen molar-refractivity contribution in [2.45, 2.75) is 0 Å². The van der Waals surface area contributed by atoms with Crippen LogP contribution in [0.4, 0.5) is 0 Å². The van der Waals surface area contributed by atoms with Crippen LogP contribution in [0.15, 0.2) is 0 Å². The van der Waals surface area contributed by atoms with Crippen LogP contribution in [0.1, 0.15) is 0 Å². The average molecular weight is 78.1 g/mol. The standard InChI is InChI=1S/CH7N2P/c2-1-3-4/h3H,1-2,4H2. The molecule has 0 spiro atoms. The van der Waals surface area contributed by atoms with E-state index in [1.165, 1.54) is 0 Å². The Bertz CT molecular complexity index is 8.00. The van der Waals surface area contributed by atoms with E-state index in [1.807, 2.05) is 0 Å². The van der Waals surface area contributed by atoms with E-state index in [1.54, 1.807) is 0 Å². The van der Waals surface area contributed by atoms with Gasteiger partial charge in [-0.3, -0.25) is 5.09 Å². The molecule has 2 nitrogen and oxygen atoms in total. The minimum atomic E-state index is 0.532. The molecule has 3 heteroatoms. The van der Waals surface area contributed by atoms with E-state index in [4.69, 9.17) is 5.73 Å². The van der Waals surface area contributed by atoms with Gasteiger partial charge in [0.15, 0.2) is 0 Å². The van der Waals surface area contributed by atoms with Gasteiger partial charge in [-0.05, 0) is 0 Å². The molecule has 0 aliphatic rings. The molecule has 0 aromatic carbocycles. The molecule has 26 valence electrons. The van der Waals surface area contributed by atoms with Crippen LogP contribution in [0.5, 0.6) is 0 Å². The summed E-state index contributed by atoms with van der Waals surface area (Å²) < 4.78 is 0. The van der Waals surface area contributed by atoms with Gasteiger partial charge in [-0.15, -0.1) is 0 Å². The zero-order valence-electron chi connectivity index (χ0n) is 2.36. The third-order valence-corrected chi connectivity index (χ3v) is 0.354. The summed E-state index contributed by atoms with van der Waals surface area (Å²) in [5.74, 6) is 0. The molecular formula is CH7N2P. The first-order valence-corrected chi connectivity index (χ1v) is 1.63. The second-order valence-corrected chi connectivity index (χ2v) is 0.816. The van der Waals surface area contributed by atoms with Crippen LogP contribution in [0.3, 0.4) is 0 Å². The molecular weight excluding hydrogens is 71.0 g/mol. The van der Waals surface area contributed by atoms with Crippen molar-refractivity contribution in [3.8, 4) is 0 Å². The first-order valence-electron chi connectivity index (χ1n) is 1.05. The predicted octanol–water partition coefficient (Wildman–Crippen LogP) is -0.718. The molecule has 1 atom stereocenters. The zero-order chi connectivity index (χ0) is 3.41. The SMILES string of the molecule is NCNP. The summed E-state index contributed by atoms with van der Waals surface area (Å²) in [5, 5.41) is 2.62. The zero-order valence-corrected chi connectivity index (χ0v) is 3.52. The molecule has 0 amide bonds. The number of hydrogen-bond donors (Lipinski definition) is 2. The first-order chi connectivity index (χ1) is 1.91. The maximum Gasteiger partial charge on any atom is 0.0458 e. The van der Waals surface area contributed by atoms with Crippen molar-refractivity contribution >= 4 is 9.39 Å². The molecule has 0 heterocycles. The smallest absolute Gasteiger partial charge is 0.0458 e. The van der Waals surface area contributed by atoms with Crippen molar-refractivity contribution in [1.82, 2.24) is 5.09 Å². The minimum Gasteiger partial charge on any atom is -0.318 e. The van der Waals surface area contributed by atoms with Gasteiger partial charge in [-0.1, -0.05) is 9.39 Å². The maximum atomic E-state index is 4.90. The van der Waals surface area contributed by atoms with Gasteiger partial charge in [0.1, 0.15) is 0 Å². The molecule has 0 aliphatic heterocycles. The molecule has 0 saturated heterocycles. The largest absolute Gasteiger partial charge is 0.318 e. The maximum absolute atomic E-state index is 4.90. The van der Waals surface area contributed by atoms with Gasteiger partial charge < -0.3 is 5.73 Å². The van der Waals surface area contributed by atoms with Crippen LogP contribution in [-0.4, -0.2) is 6.67 Å². The minimum absolute atomic E-state index is 0.532. The summed E-state index contributed by atoms with van der Waals surface area (Å²) in [5.41, 5.74) is 4.90. The van der Waals surface area contributed by atoms with Crippen molar-refractivity contribution in [3.05, 3.63) is 0 Å². The lowest BCUT2D eigenvalue weighted by molar-refractivity contribution is 0.987. The second-order valence-electron chi connectivity index (χ2n) is 0.408. The molecule has 0 aromatic rings. The van der Waals surface area contributed by atoms with Gasteiger partial charge in [-0.25, -0.2) is 0 Å². The highest BCUT2D eigenvalue weighted by Gasteiger charge is 1.49. The fraction of sp³-hybridized carbons (Fsp3) is 1.00. The van der Waals surface area contributed by atoms with Crippen LogP contribution in [0, 0.1) is 0 Å². The fourth-order valence-corrected chi connectivity index (χ4v) is 0. The van der Waals surface area contributed by atoms with Crippen LogP contribution in [0.2, 0.25) is 0 Å². The van der Waals surface area contributed by atoms with Crippen molar-refractivity contribution in [3.63, 3.8) is 0 Å². The number of nitrogens with two attached hydrogens (primary N) is 1. The molecule has 4 heavy (non-hydrogen) atoms. The van der Waals surface area contributed by atoms with E-state index in [9.17, 15) is 0 Å². The molecule has 0 bridgehead atoms. The summed E-state index contributed by atoms with van der Waals surface area (Å²) in [6.45, 7) is 0.532. The third kappa shape index (κ3) is 2.35. The van der Waals surface area contributed by atoms with Gasteiger partial charge in [0.2, 0.25) is 0 Å². The second kappa shape index (κ2) is 3.35. The molecule has 0 fully saturated rings. The number of nitrogens with one attached hydrogen (secondary N) is 1. The Labute approximate surface area is 28.0 Å². The van der Waals surface area contributed by atoms with Crippen LogP contribution < -0.4 is 10.8 Å². The van der Waals surface area contributed by atoms with Gasteiger partial charge in [0.25, 0.3) is 0 Å². The number of rotatable bonds is 1. The summed E-state index contributed by atoms with van der Waals surface area (Å²) in [6.07, 6.45) is 0. The van der Waals surface area contributed by atoms with Crippen molar-refractivity contribution < 1.29 is 0 Å². The topological polar surface area (TPSA) is 38.0 Å². The Morgan fingerprint density at radius 3 is 2.25 bits per heavy atom. The van der Waals surface area contributed by atoms with Crippen molar-refractivity contribution in [2.24, 2.45) is 5.73 Å². The van der Waals surface area contributed by atoms with Gasteiger partial charge >= 0.3 is 0 Å². The van der Waals surface area contributed by atoms with Gasteiger partial charge in [0, 0.05) is 6.67 Å². The van der Waals surface area contributed by atoms with E-state index in [-0.39, 0.29) is 0 Å². The summed E-state index contributed by atoms with van der Waals surface area (Å²) in [6, 6.07) is 0. The van der Waals surface area contributed by atoms with Crippen LogP contribution in [-0.2, 0) is 0 Å². The van der Waals surface area contributed by atoms with Crippen molar-refractivity contribution in [2.75, 3.05) is 6.67 Å². The molecule has 1 unspecified atom stereocenters. The lowest BCUT2D eigenvalue weighted by Crippen LogP contribution is -2.09.